The first-order valence-corrected chi connectivity index (χ1v) is 19.9. The maximum absolute atomic E-state index is 14.2. The van der Waals surface area contributed by atoms with Crippen LogP contribution in [-0.2, 0) is 34.4 Å². The van der Waals surface area contributed by atoms with Crippen LogP contribution in [0.15, 0.2) is 73.3 Å². The zero-order valence-electron chi connectivity index (χ0n) is 27.5. The molecule has 5 rings (SSSR count). The Hall–Kier alpha value is -3.65. The maximum atomic E-state index is 14.2. The summed E-state index contributed by atoms with van der Waals surface area (Å²) in [5.41, 5.74) is 7.86. The molecule has 0 spiro atoms. The zero-order chi connectivity index (χ0) is 33.8. The highest BCUT2D eigenvalue weighted by Crippen LogP contribution is 2.47. The number of nitrogens with two attached hydrogens (primary N) is 1. The third kappa shape index (κ3) is 8.45. The summed E-state index contributed by atoms with van der Waals surface area (Å²) in [6.45, 7) is 12.3. The van der Waals surface area contributed by atoms with E-state index >= 15 is 0 Å². The fraction of sp³-hybridized carbons (Fsp3) is 0.438. The Kier molecular flexibility index (Phi) is 10.5. The fourth-order valence-electron chi connectivity index (χ4n) is 4.82. The lowest BCUT2D eigenvalue weighted by Crippen LogP contribution is -2.45. The van der Waals surface area contributed by atoms with Gasteiger partial charge in [0.05, 0.1) is 25.1 Å². The number of hydrogen-bond donors (Lipinski definition) is 2. The monoisotopic (exact) mass is 682 g/mol. The van der Waals surface area contributed by atoms with Crippen molar-refractivity contribution >= 4 is 39.0 Å². The number of nitrogen functional groups attached to an aromatic ring is 1. The van der Waals surface area contributed by atoms with Gasteiger partial charge in [-0.15, -0.1) is 0 Å². The molecule has 0 saturated carbocycles. The number of nitrogens with one attached hydrogen (secondary N) is 1. The molecule has 3 N–H and O–H groups in total. The third-order valence-corrected chi connectivity index (χ3v) is 14.5. The molecule has 0 unspecified atom stereocenters. The first-order valence-electron chi connectivity index (χ1n) is 15.5. The number of anilines is 1. The molecular weight excluding hydrogens is 639 g/mol. The second-order valence-electron chi connectivity index (χ2n) is 13.0. The number of fused-ring (bicyclic) bond motifs is 1. The highest BCUT2D eigenvalue weighted by atomic mass is 31.2. The van der Waals surface area contributed by atoms with Crippen molar-refractivity contribution in [2.75, 3.05) is 12.3 Å². The predicted molar refractivity (Wildman–Crippen MR) is 180 cm³/mol. The summed E-state index contributed by atoms with van der Waals surface area (Å²) in [6.07, 6.45) is 1.85. The Morgan fingerprint density at radius 3 is 2.47 bits per heavy atom. The van der Waals surface area contributed by atoms with Crippen molar-refractivity contribution in [1.29, 1.82) is 0 Å². The van der Waals surface area contributed by atoms with Gasteiger partial charge in [-0.3, -0.25) is 13.9 Å². The highest BCUT2D eigenvalue weighted by molar-refractivity contribution is 7.52. The van der Waals surface area contributed by atoms with Crippen LogP contribution in [0.5, 0.6) is 5.75 Å². The molecule has 13 nitrogen and oxygen atoms in total. The molecule has 1 aliphatic rings. The number of esters is 1. The lowest BCUT2D eigenvalue weighted by molar-refractivity contribution is -0.146. The summed E-state index contributed by atoms with van der Waals surface area (Å²) in [5.74, 6) is -0.0442. The summed E-state index contributed by atoms with van der Waals surface area (Å²) in [6, 6.07) is 16.9. The van der Waals surface area contributed by atoms with Crippen molar-refractivity contribution in [3.63, 3.8) is 0 Å². The number of hydrogen-bond acceptors (Lipinski definition) is 11. The number of imidazole rings is 1. The van der Waals surface area contributed by atoms with Gasteiger partial charge in [-0.1, -0.05) is 69.3 Å². The summed E-state index contributed by atoms with van der Waals surface area (Å²) in [4.78, 5) is 25.8. The van der Waals surface area contributed by atoms with E-state index in [-0.39, 0.29) is 24.1 Å². The van der Waals surface area contributed by atoms with E-state index in [0.717, 1.165) is 5.56 Å². The Balaban J connectivity index is 1.34. The number of para-hydroxylation sites is 1. The van der Waals surface area contributed by atoms with Crippen LogP contribution in [0.1, 0.15) is 45.9 Å². The van der Waals surface area contributed by atoms with Crippen LogP contribution in [0, 0.1) is 0 Å². The summed E-state index contributed by atoms with van der Waals surface area (Å²) in [7, 11) is -6.40. The van der Waals surface area contributed by atoms with Gasteiger partial charge in [0.1, 0.15) is 30.2 Å². The molecule has 1 aliphatic heterocycles. The minimum atomic E-state index is -4.13. The number of carbonyl (C=O) groups excluding carboxylic acids is 1. The Morgan fingerprint density at radius 2 is 1.79 bits per heavy atom. The van der Waals surface area contributed by atoms with Gasteiger partial charge in [0.25, 0.3) is 0 Å². The molecule has 5 atom stereocenters. The lowest BCUT2D eigenvalue weighted by atomic mass is 10.2. The fourth-order valence-corrected chi connectivity index (χ4v) is 7.67. The van der Waals surface area contributed by atoms with Gasteiger partial charge >= 0.3 is 13.7 Å². The molecule has 0 amide bonds. The van der Waals surface area contributed by atoms with E-state index in [0.29, 0.717) is 23.3 Å². The normalized spacial score (nSPS) is 20.5. The molecule has 1 fully saturated rings. The molecule has 4 aromatic rings. The van der Waals surface area contributed by atoms with Crippen LogP contribution in [0.25, 0.3) is 11.2 Å². The SMILES string of the molecule is C[C@H](N[P@@](=O)(OC[C@@H]1C[C@@H](O[Si](C)(C)C(C)(C)C)[C@H](n2cnc3c(N)ncnc32)O1)Oc1ccccc1)C(=O)OCc1ccccc1. The van der Waals surface area contributed by atoms with Gasteiger partial charge in [0.15, 0.2) is 26.0 Å². The molecular formula is C32H43N6O7PSi. The molecule has 0 aliphatic carbocycles. The van der Waals surface area contributed by atoms with Crippen LogP contribution in [0.3, 0.4) is 0 Å². The standard InChI is InChI=1S/C32H43N6O7PSi/c1-22(31(39)41-18-23-13-9-7-10-14-23)37-46(40,44-24-15-11-8-12-16-24)42-19-25-17-26(45-47(5,6)32(2,3)4)30(43-25)38-21-36-27-28(33)34-20-35-29(27)38/h7-16,20-22,25-26,30H,17-19H2,1-6H3,(H,37,40)(H2,33,34,35)/t22-,25-,26+,30+,46+/m0/s1. The van der Waals surface area contributed by atoms with Crippen LogP contribution in [-0.4, -0.2) is 58.7 Å². The predicted octanol–water partition coefficient (Wildman–Crippen LogP) is 6.01. The molecule has 0 bridgehead atoms. The van der Waals surface area contributed by atoms with E-state index < -0.39 is 46.5 Å². The van der Waals surface area contributed by atoms with Crippen LogP contribution in [0.4, 0.5) is 5.82 Å². The number of carbonyl (C=O) groups is 1. The Bertz CT molecular complexity index is 1700. The zero-order valence-corrected chi connectivity index (χ0v) is 29.4. The molecule has 2 aromatic heterocycles. The lowest BCUT2D eigenvalue weighted by Gasteiger charge is -2.39. The minimum Gasteiger partial charge on any atom is -0.460 e. The summed E-state index contributed by atoms with van der Waals surface area (Å²) in [5, 5.41) is 2.69. The van der Waals surface area contributed by atoms with Crippen LogP contribution < -0.4 is 15.3 Å². The molecule has 1 saturated heterocycles. The Labute approximate surface area is 275 Å². The molecule has 252 valence electrons. The van der Waals surface area contributed by atoms with Crippen molar-refractivity contribution in [2.45, 2.75) is 83.3 Å². The van der Waals surface area contributed by atoms with Gasteiger partial charge in [0, 0.05) is 6.42 Å². The first-order chi connectivity index (χ1) is 22.2. The minimum absolute atomic E-state index is 0.0653. The smallest absolute Gasteiger partial charge is 0.459 e. The van der Waals surface area contributed by atoms with E-state index in [4.69, 9.17) is 28.7 Å². The van der Waals surface area contributed by atoms with Gasteiger partial charge in [-0.05, 0) is 42.8 Å². The molecule has 2 aromatic carbocycles. The third-order valence-electron chi connectivity index (χ3n) is 8.39. The van der Waals surface area contributed by atoms with E-state index in [1.165, 1.54) is 6.33 Å². The number of benzene rings is 2. The topological polar surface area (TPSA) is 162 Å². The second kappa shape index (κ2) is 14.2. The van der Waals surface area contributed by atoms with Crippen LogP contribution >= 0.6 is 7.75 Å². The average Bonchev–Trinajstić information content (AvgIpc) is 3.63. The number of nitrogens with zero attached hydrogens (tertiary/aromatic N) is 4. The van der Waals surface area contributed by atoms with Gasteiger partial charge < -0.3 is 24.2 Å². The highest BCUT2D eigenvalue weighted by Gasteiger charge is 2.46. The number of rotatable bonds is 13. The molecule has 47 heavy (non-hydrogen) atoms. The number of ether oxygens (including phenoxy) is 2. The maximum Gasteiger partial charge on any atom is 0.459 e. The molecule has 15 heteroatoms. The van der Waals surface area contributed by atoms with E-state index in [9.17, 15) is 9.36 Å². The van der Waals surface area contributed by atoms with Crippen molar-refractivity contribution < 1.29 is 32.3 Å². The largest absolute Gasteiger partial charge is 0.460 e. The van der Waals surface area contributed by atoms with E-state index in [1.54, 1.807) is 42.1 Å². The van der Waals surface area contributed by atoms with Gasteiger partial charge in [-0.25, -0.2) is 19.5 Å². The molecule has 0 radical (unpaired) electrons. The summed E-state index contributed by atoms with van der Waals surface area (Å²) < 4.78 is 46.7. The van der Waals surface area contributed by atoms with Gasteiger partial charge in [-0.2, -0.15) is 5.09 Å². The second-order valence-corrected chi connectivity index (χ2v) is 19.5. The first kappa shape index (κ1) is 34.7. The summed E-state index contributed by atoms with van der Waals surface area (Å²) >= 11 is 0. The van der Waals surface area contributed by atoms with Crippen LogP contribution in [0.2, 0.25) is 18.1 Å². The van der Waals surface area contributed by atoms with Crippen molar-refractivity contribution in [3.8, 4) is 5.75 Å². The average molecular weight is 683 g/mol. The van der Waals surface area contributed by atoms with E-state index in [2.05, 4.69) is 53.9 Å². The van der Waals surface area contributed by atoms with Crippen molar-refractivity contribution in [2.24, 2.45) is 0 Å². The molecule has 3 heterocycles. The number of aromatic nitrogens is 4. The quantitative estimate of drug-likeness (QED) is 0.0961. The van der Waals surface area contributed by atoms with Crippen molar-refractivity contribution in [1.82, 2.24) is 24.6 Å². The van der Waals surface area contributed by atoms with Gasteiger partial charge in [0.2, 0.25) is 0 Å². The Morgan fingerprint density at radius 1 is 1.11 bits per heavy atom. The van der Waals surface area contributed by atoms with E-state index in [1.807, 2.05) is 36.4 Å². The van der Waals surface area contributed by atoms with Crippen molar-refractivity contribution in [3.05, 3.63) is 78.9 Å².